The van der Waals surface area contributed by atoms with Crippen molar-refractivity contribution in [2.24, 2.45) is 40.4 Å². The maximum absolute atomic E-state index is 12.4. The van der Waals surface area contributed by atoms with Gasteiger partial charge in [-0.05, 0) is 73.0 Å². The lowest BCUT2D eigenvalue weighted by Gasteiger charge is -2.60. The number of Topliss-reactive ketones (excluding diaryl/α,β-unsaturated/α-hetero) is 1. The Morgan fingerprint density at radius 3 is 2.52 bits per heavy atom. The second-order valence-corrected chi connectivity index (χ2v) is 9.34. The molecule has 7 atom stereocenters. The molecule has 1 heteroatoms. The van der Waals surface area contributed by atoms with Crippen LogP contribution < -0.4 is 0 Å². The van der Waals surface area contributed by atoms with E-state index in [-0.39, 0.29) is 0 Å². The van der Waals surface area contributed by atoms with E-state index < -0.39 is 0 Å². The second-order valence-electron chi connectivity index (χ2n) is 9.34. The molecule has 4 fully saturated rings. The van der Waals surface area contributed by atoms with Crippen molar-refractivity contribution in [1.82, 2.24) is 0 Å². The van der Waals surface area contributed by atoms with Gasteiger partial charge in [-0.15, -0.1) is 0 Å². The Morgan fingerprint density at radius 2 is 1.71 bits per heavy atom. The largest absolute Gasteiger partial charge is 0.299 e. The molecule has 0 aliphatic heterocycles. The van der Waals surface area contributed by atoms with Crippen molar-refractivity contribution >= 4 is 5.78 Å². The molecule has 21 heavy (non-hydrogen) atoms. The predicted octanol–water partition coefficient (Wildman–Crippen LogP) is 5.23. The summed E-state index contributed by atoms with van der Waals surface area (Å²) in [6.07, 6.45) is 12.4. The Kier molecular flexibility index (Phi) is 3.12. The standard InChI is InChI=1S/C20H32O/c1-13-18(21)12-17-15-8-7-14-6-4-5-10-20(14,3)16(15)9-11-19(13,17)2/h13-17H,4-12H2,1-3H3. The van der Waals surface area contributed by atoms with E-state index in [4.69, 9.17) is 0 Å². The van der Waals surface area contributed by atoms with Crippen molar-refractivity contribution in [3.63, 3.8) is 0 Å². The quantitative estimate of drug-likeness (QED) is 0.596. The Labute approximate surface area is 130 Å². The van der Waals surface area contributed by atoms with Crippen LogP contribution in [0.15, 0.2) is 0 Å². The third kappa shape index (κ3) is 1.78. The summed E-state index contributed by atoms with van der Waals surface area (Å²) in [6.45, 7) is 7.28. The number of hydrogen-bond acceptors (Lipinski definition) is 1. The summed E-state index contributed by atoms with van der Waals surface area (Å²) in [4.78, 5) is 12.4. The molecule has 0 aromatic rings. The van der Waals surface area contributed by atoms with Crippen LogP contribution >= 0.6 is 0 Å². The van der Waals surface area contributed by atoms with Gasteiger partial charge in [0.2, 0.25) is 0 Å². The van der Waals surface area contributed by atoms with E-state index in [9.17, 15) is 4.79 Å². The zero-order valence-electron chi connectivity index (χ0n) is 14.2. The molecule has 0 heterocycles. The molecule has 7 unspecified atom stereocenters. The van der Waals surface area contributed by atoms with Crippen LogP contribution in [0.2, 0.25) is 0 Å². The predicted molar refractivity (Wildman–Crippen MR) is 85.9 cm³/mol. The first-order valence-corrected chi connectivity index (χ1v) is 9.49. The number of hydrogen-bond donors (Lipinski definition) is 0. The van der Waals surface area contributed by atoms with Crippen molar-refractivity contribution in [3.05, 3.63) is 0 Å². The van der Waals surface area contributed by atoms with E-state index >= 15 is 0 Å². The Bertz CT molecular complexity index is 455. The van der Waals surface area contributed by atoms with E-state index in [0.717, 1.165) is 24.2 Å². The number of ketones is 1. The van der Waals surface area contributed by atoms with Crippen LogP contribution in [0.4, 0.5) is 0 Å². The van der Waals surface area contributed by atoms with Crippen LogP contribution in [0.5, 0.6) is 0 Å². The van der Waals surface area contributed by atoms with Gasteiger partial charge in [-0.1, -0.05) is 33.6 Å². The molecule has 0 bridgehead atoms. The lowest BCUT2D eigenvalue weighted by atomic mass is 9.45. The van der Waals surface area contributed by atoms with E-state index in [1.54, 1.807) is 0 Å². The summed E-state index contributed by atoms with van der Waals surface area (Å²) in [6, 6.07) is 0. The van der Waals surface area contributed by atoms with Crippen LogP contribution in [0.3, 0.4) is 0 Å². The first-order chi connectivity index (χ1) is 9.97. The minimum Gasteiger partial charge on any atom is -0.299 e. The van der Waals surface area contributed by atoms with E-state index in [1.165, 1.54) is 51.4 Å². The third-order valence-electron chi connectivity index (χ3n) is 8.91. The minimum atomic E-state index is 0.320. The van der Waals surface area contributed by atoms with Gasteiger partial charge in [-0.25, -0.2) is 0 Å². The monoisotopic (exact) mass is 288 g/mol. The van der Waals surface area contributed by atoms with Crippen molar-refractivity contribution < 1.29 is 4.79 Å². The zero-order chi connectivity index (χ0) is 14.8. The summed E-state index contributed by atoms with van der Waals surface area (Å²) >= 11 is 0. The Morgan fingerprint density at radius 1 is 0.905 bits per heavy atom. The zero-order valence-corrected chi connectivity index (χ0v) is 14.2. The molecule has 0 spiro atoms. The highest BCUT2D eigenvalue weighted by Gasteiger charge is 2.60. The molecule has 0 saturated heterocycles. The summed E-state index contributed by atoms with van der Waals surface area (Å²) < 4.78 is 0. The molecule has 0 aromatic heterocycles. The van der Waals surface area contributed by atoms with Gasteiger partial charge in [0.15, 0.2) is 0 Å². The molecule has 4 aliphatic rings. The molecule has 4 aliphatic carbocycles. The average Bonchev–Trinajstić information content (AvgIpc) is 2.70. The summed E-state index contributed by atoms with van der Waals surface area (Å²) in [7, 11) is 0. The highest BCUT2D eigenvalue weighted by atomic mass is 16.1. The van der Waals surface area contributed by atoms with Gasteiger partial charge in [0.25, 0.3) is 0 Å². The van der Waals surface area contributed by atoms with Gasteiger partial charge < -0.3 is 0 Å². The Balaban J connectivity index is 1.67. The molecule has 4 saturated carbocycles. The highest BCUT2D eigenvalue weighted by Crippen LogP contribution is 2.66. The molecule has 0 radical (unpaired) electrons. The van der Waals surface area contributed by atoms with E-state index in [2.05, 4.69) is 20.8 Å². The van der Waals surface area contributed by atoms with E-state index in [1.807, 2.05) is 0 Å². The van der Waals surface area contributed by atoms with Crippen LogP contribution in [-0.2, 0) is 4.79 Å². The van der Waals surface area contributed by atoms with Gasteiger partial charge in [0, 0.05) is 12.3 Å². The number of fused-ring (bicyclic) bond motifs is 5. The minimum absolute atomic E-state index is 0.320. The number of carbonyl (C=O) groups excluding carboxylic acids is 1. The van der Waals surface area contributed by atoms with Crippen molar-refractivity contribution in [2.45, 2.75) is 78.6 Å². The highest BCUT2D eigenvalue weighted by molar-refractivity contribution is 5.84. The fourth-order valence-electron chi connectivity index (χ4n) is 7.33. The SMILES string of the molecule is CC1C(=O)CC2C3CCC4CCCCC4(C)C3CCC12C. The average molecular weight is 288 g/mol. The van der Waals surface area contributed by atoms with Gasteiger partial charge in [-0.2, -0.15) is 0 Å². The summed E-state index contributed by atoms with van der Waals surface area (Å²) in [5.41, 5.74) is 0.938. The normalized spacial score (nSPS) is 56.5. The fourth-order valence-corrected chi connectivity index (χ4v) is 7.33. The Hall–Kier alpha value is -0.330. The second kappa shape index (κ2) is 4.59. The van der Waals surface area contributed by atoms with Crippen LogP contribution in [0, 0.1) is 40.4 Å². The summed E-state index contributed by atoms with van der Waals surface area (Å²) in [5.74, 6) is 4.37. The molecule has 0 N–H and O–H groups in total. The maximum atomic E-state index is 12.4. The fraction of sp³-hybridized carbons (Fsp3) is 0.950. The topological polar surface area (TPSA) is 17.1 Å². The first-order valence-electron chi connectivity index (χ1n) is 9.49. The molecular formula is C20H32O. The third-order valence-corrected chi connectivity index (χ3v) is 8.91. The smallest absolute Gasteiger partial charge is 0.136 e. The maximum Gasteiger partial charge on any atom is 0.136 e. The van der Waals surface area contributed by atoms with Crippen molar-refractivity contribution in [1.29, 1.82) is 0 Å². The first kappa shape index (κ1) is 14.3. The van der Waals surface area contributed by atoms with Gasteiger partial charge in [0.05, 0.1) is 0 Å². The van der Waals surface area contributed by atoms with Crippen LogP contribution in [-0.4, -0.2) is 5.78 Å². The van der Waals surface area contributed by atoms with Crippen molar-refractivity contribution in [3.8, 4) is 0 Å². The van der Waals surface area contributed by atoms with Crippen LogP contribution in [0.1, 0.15) is 78.6 Å². The van der Waals surface area contributed by atoms with Gasteiger partial charge in [-0.3, -0.25) is 4.79 Å². The van der Waals surface area contributed by atoms with Gasteiger partial charge in [0.1, 0.15) is 5.78 Å². The van der Waals surface area contributed by atoms with Crippen LogP contribution in [0.25, 0.3) is 0 Å². The number of rotatable bonds is 0. The van der Waals surface area contributed by atoms with Gasteiger partial charge >= 0.3 is 0 Å². The number of carbonyl (C=O) groups is 1. The lowest BCUT2D eigenvalue weighted by molar-refractivity contribution is -0.122. The lowest BCUT2D eigenvalue weighted by Crippen LogP contribution is -2.52. The van der Waals surface area contributed by atoms with E-state index in [0.29, 0.717) is 28.4 Å². The molecule has 118 valence electrons. The van der Waals surface area contributed by atoms with Crippen molar-refractivity contribution in [2.75, 3.05) is 0 Å². The molecule has 4 rings (SSSR count). The summed E-state index contributed by atoms with van der Waals surface area (Å²) in [5, 5.41) is 0. The molecule has 0 amide bonds. The molecular weight excluding hydrogens is 256 g/mol. The molecule has 1 nitrogen and oxygen atoms in total. The molecule has 0 aromatic carbocycles.